The van der Waals surface area contributed by atoms with Gasteiger partial charge in [0.2, 0.25) is 0 Å². The van der Waals surface area contributed by atoms with Crippen LogP contribution in [0.5, 0.6) is 0 Å². The van der Waals surface area contributed by atoms with Crippen LogP contribution in [0.3, 0.4) is 0 Å². The summed E-state index contributed by atoms with van der Waals surface area (Å²) in [5, 5.41) is 16.5. The lowest BCUT2D eigenvalue weighted by atomic mass is 10.1. The molecule has 3 aromatic rings. The fourth-order valence-electron chi connectivity index (χ4n) is 3.72. The van der Waals surface area contributed by atoms with Crippen LogP contribution in [0.25, 0.3) is 5.82 Å². The number of nitrogens with zero attached hydrogens (tertiary/aromatic N) is 5. The Hall–Kier alpha value is -2.67. The molecule has 0 spiro atoms. The van der Waals surface area contributed by atoms with Gasteiger partial charge in [0.25, 0.3) is 0 Å². The van der Waals surface area contributed by atoms with E-state index in [9.17, 15) is 0 Å². The molecule has 1 saturated heterocycles. The normalized spacial score (nSPS) is 16.4. The first-order valence-corrected chi connectivity index (χ1v) is 9.59. The molecule has 0 saturated carbocycles. The predicted molar refractivity (Wildman–Crippen MR) is 104 cm³/mol. The standard InChI is InChI=1S/C20H26N6O/c1-15-13-16(2)26(24-15)20-9-8-19(22-23-20)21-14-17(18-7-6-12-27-18)25-10-4-3-5-11-25/h6-9,12-13,17H,3-5,10-11,14H2,1-2H3,(H,21,22). The molecule has 1 aliphatic rings. The quantitative estimate of drug-likeness (QED) is 0.720. The molecule has 0 radical (unpaired) electrons. The molecule has 0 aromatic carbocycles. The van der Waals surface area contributed by atoms with Crippen LogP contribution in [-0.2, 0) is 0 Å². The molecule has 0 amide bonds. The molecule has 3 aromatic heterocycles. The number of hydrogen-bond acceptors (Lipinski definition) is 6. The molecule has 4 rings (SSSR count). The topological polar surface area (TPSA) is 72.0 Å². The zero-order valence-corrected chi connectivity index (χ0v) is 15.9. The van der Waals surface area contributed by atoms with Crippen molar-refractivity contribution in [1.82, 2.24) is 24.9 Å². The minimum Gasteiger partial charge on any atom is -0.468 e. The second-order valence-corrected chi connectivity index (χ2v) is 7.12. The van der Waals surface area contributed by atoms with E-state index in [-0.39, 0.29) is 6.04 Å². The highest BCUT2D eigenvalue weighted by molar-refractivity contribution is 5.37. The monoisotopic (exact) mass is 366 g/mol. The van der Waals surface area contributed by atoms with Crippen molar-refractivity contribution in [2.24, 2.45) is 0 Å². The van der Waals surface area contributed by atoms with Crippen molar-refractivity contribution in [3.8, 4) is 5.82 Å². The van der Waals surface area contributed by atoms with Crippen molar-refractivity contribution < 1.29 is 4.42 Å². The van der Waals surface area contributed by atoms with E-state index in [4.69, 9.17) is 4.42 Å². The Morgan fingerprint density at radius 1 is 1.11 bits per heavy atom. The van der Waals surface area contributed by atoms with Crippen molar-refractivity contribution in [2.75, 3.05) is 25.0 Å². The third-order valence-electron chi connectivity index (χ3n) is 5.06. The maximum atomic E-state index is 5.70. The van der Waals surface area contributed by atoms with E-state index in [2.05, 4.69) is 31.6 Å². The van der Waals surface area contributed by atoms with Crippen LogP contribution in [0, 0.1) is 13.8 Å². The Labute approximate surface area is 159 Å². The van der Waals surface area contributed by atoms with Gasteiger partial charge in [0.1, 0.15) is 11.6 Å². The predicted octanol–water partition coefficient (Wildman–Crippen LogP) is 3.51. The highest BCUT2D eigenvalue weighted by Gasteiger charge is 2.24. The van der Waals surface area contributed by atoms with E-state index in [0.29, 0.717) is 0 Å². The molecular formula is C20H26N6O. The first-order chi connectivity index (χ1) is 13.2. The lowest BCUT2D eigenvalue weighted by Gasteiger charge is -2.33. The van der Waals surface area contributed by atoms with E-state index >= 15 is 0 Å². The highest BCUT2D eigenvalue weighted by Crippen LogP contribution is 2.25. The van der Waals surface area contributed by atoms with Crippen LogP contribution in [0.1, 0.15) is 42.5 Å². The summed E-state index contributed by atoms with van der Waals surface area (Å²) in [5.74, 6) is 2.48. The fourth-order valence-corrected chi connectivity index (χ4v) is 3.72. The Balaban J connectivity index is 1.45. The Morgan fingerprint density at radius 2 is 1.96 bits per heavy atom. The van der Waals surface area contributed by atoms with Gasteiger partial charge in [0.15, 0.2) is 5.82 Å². The van der Waals surface area contributed by atoms with Crippen molar-refractivity contribution in [3.05, 3.63) is 53.7 Å². The average molecular weight is 366 g/mol. The minimum atomic E-state index is 0.206. The molecule has 4 heterocycles. The number of aryl methyl sites for hydroxylation is 2. The molecule has 1 unspecified atom stereocenters. The van der Waals surface area contributed by atoms with Gasteiger partial charge in [0, 0.05) is 12.2 Å². The van der Waals surface area contributed by atoms with E-state index in [0.717, 1.165) is 48.4 Å². The molecule has 1 fully saturated rings. The van der Waals surface area contributed by atoms with E-state index < -0.39 is 0 Å². The van der Waals surface area contributed by atoms with Crippen molar-refractivity contribution in [2.45, 2.75) is 39.2 Å². The summed E-state index contributed by atoms with van der Waals surface area (Å²) in [7, 11) is 0. The van der Waals surface area contributed by atoms with Gasteiger partial charge < -0.3 is 9.73 Å². The summed E-state index contributed by atoms with van der Waals surface area (Å²) in [6.07, 6.45) is 5.55. The number of hydrogen-bond donors (Lipinski definition) is 1. The second kappa shape index (κ2) is 7.92. The lowest BCUT2D eigenvalue weighted by molar-refractivity contribution is 0.152. The number of rotatable bonds is 6. The minimum absolute atomic E-state index is 0.206. The van der Waals surface area contributed by atoms with Crippen LogP contribution in [0.4, 0.5) is 5.82 Å². The summed E-state index contributed by atoms with van der Waals surface area (Å²) >= 11 is 0. The third-order valence-corrected chi connectivity index (χ3v) is 5.06. The van der Waals surface area contributed by atoms with Gasteiger partial charge in [-0.2, -0.15) is 5.10 Å². The molecule has 0 bridgehead atoms. The van der Waals surface area contributed by atoms with E-state index in [1.165, 1.54) is 19.3 Å². The molecule has 7 heteroatoms. The van der Waals surface area contributed by atoms with Crippen LogP contribution in [-0.4, -0.2) is 44.5 Å². The Kier molecular flexibility index (Phi) is 5.20. The Morgan fingerprint density at radius 3 is 2.59 bits per heavy atom. The van der Waals surface area contributed by atoms with Crippen molar-refractivity contribution in [1.29, 1.82) is 0 Å². The van der Waals surface area contributed by atoms with Gasteiger partial charge in [0.05, 0.1) is 18.0 Å². The summed E-state index contributed by atoms with van der Waals surface area (Å²) in [6.45, 7) is 6.94. The van der Waals surface area contributed by atoms with E-state index in [1.54, 1.807) is 6.26 Å². The van der Waals surface area contributed by atoms with Gasteiger partial charge >= 0.3 is 0 Å². The van der Waals surface area contributed by atoms with Crippen molar-refractivity contribution >= 4 is 5.82 Å². The second-order valence-electron chi connectivity index (χ2n) is 7.12. The molecule has 142 valence electrons. The zero-order valence-electron chi connectivity index (χ0n) is 15.9. The van der Waals surface area contributed by atoms with Crippen molar-refractivity contribution in [3.63, 3.8) is 0 Å². The van der Waals surface area contributed by atoms with Gasteiger partial charge in [-0.1, -0.05) is 6.42 Å². The first kappa shape index (κ1) is 17.7. The molecule has 7 nitrogen and oxygen atoms in total. The number of piperidine rings is 1. The average Bonchev–Trinajstić information content (AvgIpc) is 3.33. The maximum Gasteiger partial charge on any atom is 0.176 e. The summed E-state index contributed by atoms with van der Waals surface area (Å²) in [5.41, 5.74) is 2.02. The zero-order chi connectivity index (χ0) is 18.6. The molecule has 1 aliphatic heterocycles. The van der Waals surface area contributed by atoms with Crippen LogP contribution < -0.4 is 5.32 Å². The molecule has 1 atom stereocenters. The van der Waals surface area contributed by atoms with Crippen LogP contribution in [0.2, 0.25) is 0 Å². The van der Waals surface area contributed by atoms with Crippen LogP contribution in [0.15, 0.2) is 41.0 Å². The van der Waals surface area contributed by atoms with Gasteiger partial charge in [-0.05, 0) is 70.1 Å². The highest BCUT2D eigenvalue weighted by atomic mass is 16.3. The smallest absolute Gasteiger partial charge is 0.176 e. The van der Waals surface area contributed by atoms with Gasteiger partial charge in [-0.15, -0.1) is 10.2 Å². The third kappa shape index (κ3) is 4.03. The molecule has 1 N–H and O–H groups in total. The first-order valence-electron chi connectivity index (χ1n) is 9.59. The number of aromatic nitrogens is 4. The number of anilines is 1. The Bertz CT molecular complexity index is 849. The SMILES string of the molecule is Cc1cc(C)n(-c2ccc(NCC(c3ccco3)N3CCCCC3)nn2)n1. The fraction of sp³-hybridized carbons (Fsp3) is 0.450. The molecular weight excluding hydrogens is 340 g/mol. The molecule has 0 aliphatic carbocycles. The largest absolute Gasteiger partial charge is 0.468 e. The lowest BCUT2D eigenvalue weighted by Crippen LogP contribution is -2.37. The number of furan rings is 1. The van der Waals surface area contributed by atoms with Crippen LogP contribution >= 0.6 is 0 Å². The number of likely N-dealkylation sites (tertiary alicyclic amines) is 1. The van der Waals surface area contributed by atoms with Gasteiger partial charge in [-0.25, -0.2) is 4.68 Å². The summed E-state index contributed by atoms with van der Waals surface area (Å²) in [4.78, 5) is 2.49. The van der Waals surface area contributed by atoms with Gasteiger partial charge in [-0.3, -0.25) is 4.90 Å². The molecule has 27 heavy (non-hydrogen) atoms. The summed E-state index contributed by atoms with van der Waals surface area (Å²) in [6, 6.07) is 10.1. The maximum absolute atomic E-state index is 5.70. The van der Waals surface area contributed by atoms with E-state index in [1.807, 2.05) is 42.8 Å². The summed E-state index contributed by atoms with van der Waals surface area (Å²) < 4.78 is 7.51. The number of nitrogens with one attached hydrogen (secondary N) is 1.